The van der Waals surface area contributed by atoms with Crippen molar-refractivity contribution in [3.05, 3.63) is 59.9 Å². The molecular formula is C22H26FNO3. The van der Waals surface area contributed by atoms with Gasteiger partial charge in [0.2, 0.25) is 0 Å². The van der Waals surface area contributed by atoms with E-state index in [1.54, 1.807) is 31.4 Å². The third-order valence-corrected chi connectivity index (χ3v) is 5.87. The lowest BCUT2D eigenvalue weighted by Crippen LogP contribution is -2.29. The van der Waals surface area contributed by atoms with Crippen molar-refractivity contribution in [3.8, 4) is 11.5 Å². The molecule has 2 aromatic carbocycles. The number of nitrogens with zero attached hydrogens (tertiary/aromatic N) is 1. The molecule has 4 atom stereocenters. The molecule has 4 nitrogen and oxygen atoms in total. The van der Waals surface area contributed by atoms with E-state index in [1.165, 1.54) is 12.1 Å². The number of ether oxygens (including phenoxy) is 2. The van der Waals surface area contributed by atoms with Crippen LogP contribution < -0.4 is 4.74 Å². The van der Waals surface area contributed by atoms with E-state index in [1.807, 2.05) is 12.1 Å². The summed E-state index contributed by atoms with van der Waals surface area (Å²) in [5.41, 5.74) is 1.09. The van der Waals surface area contributed by atoms with Gasteiger partial charge in [-0.05, 0) is 66.6 Å². The van der Waals surface area contributed by atoms with E-state index in [2.05, 4.69) is 4.90 Å². The molecule has 1 aliphatic carbocycles. The van der Waals surface area contributed by atoms with Gasteiger partial charge in [0.25, 0.3) is 0 Å². The lowest BCUT2D eigenvalue weighted by atomic mass is 10.0. The van der Waals surface area contributed by atoms with Crippen LogP contribution in [0.3, 0.4) is 0 Å². The van der Waals surface area contributed by atoms with Crippen LogP contribution in [0.25, 0.3) is 0 Å². The molecule has 1 N–H and O–H groups in total. The summed E-state index contributed by atoms with van der Waals surface area (Å²) in [5.74, 6) is 2.09. The summed E-state index contributed by atoms with van der Waals surface area (Å²) in [6.45, 7) is 2.98. The van der Waals surface area contributed by atoms with Gasteiger partial charge in [0.05, 0.1) is 12.2 Å². The van der Waals surface area contributed by atoms with Crippen LogP contribution in [-0.4, -0.2) is 42.9 Å². The first-order valence-electron chi connectivity index (χ1n) is 9.57. The largest absolute Gasteiger partial charge is 0.508 e. The first kappa shape index (κ1) is 18.3. The zero-order valence-electron chi connectivity index (χ0n) is 15.6. The van der Waals surface area contributed by atoms with E-state index in [-0.39, 0.29) is 23.8 Å². The van der Waals surface area contributed by atoms with E-state index in [9.17, 15) is 9.50 Å². The van der Waals surface area contributed by atoms with Crippen LogP contribution in [0.4, 0.5) is 4.39 Å². The molecule has 1 heterocycles. The van der Waals surface area contributed by atoms with Gasteiger partial charge < -0.3 is 14.6 Å². The zero-order chi connectivity index (χ0) is 18.8. The second-order valence-electron chi connectivity index (χ2n) is 7.72. The van der Waals surface area contributed by atoms with Crippen LogP contribution in [0, 0.1) is 17.7 Å². The molecule has 5 heteroatoms. The lowest BCUT2D eigenvalue weighted by molar-refractivity contribution is 0.0667. The summed E-state index contributed by atoms with van der Waals surface area (Å²) in [5, 5.41) is 9.47. The molecule has 144 valence electrons. The van der Waals surface area contributed by atoms with Crippen molar-refractivity contribution in [1.29, 1.82) is 0 Å². The van der Waals surface area contributed by atoms with Gasteiger partial charge in [-0.3, -0.25) is 4.90 Å². The highest BCUT2D eigenvalue weighted by atomic mass is 19.1. The molecule has 0 amide bonds. The van der Waals surface area contributed by atoms with E-state index in [0.29, 0.717) is 11.8 Å². The Morgan fingerprint density at radius 3 is 2.26 bits per heavy atom. The molecule has 1 saturated heterocycles. The van der Waals surface area contributed by atoms with Gasteiger partial charge in [-0.15, -0.1) is 0 Å². The Bertz CT molecular complexity index is 735. The molecule has 2 aromatic rings. The third kappa shape index (κ3) is 4.25. The predicted octanol–water partition coefficient (Wildman–Crippen LogP) is 4.01. The fourth-order valence-electron chi connectivity index (χ4n) is 4.53. The number of hydrogen-bond acceptors (Lipinski definition) is 4. The fraction of sp³-hybridized carbons (Fsp3) is 0.455. The Morgan fingerprint density at radius 1 is 1.04 bits per heavy atom. The van der Waals surface area contributed by atoms with E-state index in [4.69, 9.17) is 9.47 Å². The van der Waals surface area contributed by atoms with Crippen LogP contribution in [-0.2, 0) is 4.74 Å². The van der Waals surface area contributed by atoms with Crippen molar-refractivity contribution in [2.75, 3.05) is 26.7 Å². The fourth-order valence-corrected chi connectivity index (χ4v) is 4.53. The summed E-state index contributed by atoms with van der Waals surface area (Å²) >= 11 is 0. The maximum atomic E-state index is 13.0. The molecule has 1 unspecified atom stereocenters. The highest BCUT2D eigenvalue weighted by Gasteiger charge is 2.42. The molecule has 0 spiro atoms. The van der Waals surface area contributed by atoms with Crippen LogP contribution in [0.2, 0.25) is 0 Å². The number of phenols is 1. The van der Waals surface area contributed by atoms with Crippen LogP contribution in [0.5, 0.6) is 11.5 Å². The van der Waals surface area contributed by atoms with Crippen LogP contribution in [0.15, 0.2) is 48.5 Å². The Morgan fingerprint density at radius 2 is 1.67 bits per heavy atom. The van der Waals surface area contributed by atoms with Crippen molar-refractivity contribution >= 4 is 0 Å². The Balaban J connectivity index is 1.30. The number of phenolic OH excluding ortho intramolecular Hbond substituents is 1. The highest BCUT2D eigenvalue weighted by Crippen LogP contribution is 2.40. The topological polar surface area (TPSA) is 41.9 Å². The second kappa shape index (κ2) is 7.87. The van der Waals surface area contributed by atoms with E-state index >= 15 is 0 Å². The van der Waals surface area contributed by atoms with Gasteiger partial charge >= 0.3 is 0 Å². The Kier molecular flexibility index (Phi) is 5.32. The van der Waals surface area contributed by atoms with Gasteiger partial charge in [-0.25, -0.2) is 4.39 Å². The third-order valence-electron chi connectivity index (χ3n) is 5.87. The molecule has 4 rings (SSSR count). The van der Waals surface area contributed by atoms with Crippen LogP contribution >= 0.6 is 0 Å². The van der Waals surface area contributed by atoms with Gasteiger partial charge in [-0.2, -0.15) is 0 Å². The van der Waals surface area contributed by atoms with Crippen molar-refractivity contribution in [2.24, 2.45) is 11.8 Å². The average molecular weight is 371 g/mol. The minimum Gasteiger partial charge on any atom is -0.508 e. The number of hydrogen-bond donors (Lipinski definition) is 1. The quantitative estimate of drug-likeness (QED) is 0.833. The molecule has 2 fully saturated rings. The maximum absolute atomic E-state index is 13.0. The maximum Gasteiger partial charge on any atom is 0.123 e. The van der Waals surface area contributed by atoms with Gasteiger partial charge in [0, 0.05) is 26.7 Å². The zero-order valence-corrected chi connectivity index (χ0v) is 15.6. The number of rotatable bonds is 6. The monoisotopic (exact) mass is 371 g/mol. The van der Waals surface area contributed by atoms with Crippen molar-refractivity contribution in [1.82, 2.24) is 4.90 Å². The molecule has 0 radical (unpaired) electrons. The van der Waals surface area contributed by atoms with Gasteiger partial charge in [0.15, 0.2) is 0 Å². The number of halogens is 1. The number of methoxy groups -OCH3 is 1. The summed E-state index contributed by atoms with van der Waals surface area (Å²) in [4.78, 5) is 2.48. The van der Waals surface area contributed by atoms with Crippen molar-refractivity contribution in [3.63, 3.8) is 0 Å². The van der Waals surface area contributed by atoms with Crippen molar-refractivity contribution < 1.29 is 19.0 Å². The highest BCUT2D eigenvalue weighted by molar-refractivity contribution is 5.27. The predicted molar refractivity (Wildman–Crippen MR) is 101 cm³/mol. The van der Waals surface area contributed by atoms with E-state index in [0.717, 1.165) is 43.8 Å². The molecule has 0 aromatic heterocycles. The summed E-state index contributed by atoms with van der Waals surface area (Å²) in [6, 6.07) is 13.6. The average Bonchev–Trinajstić information content (AvgIpc) is 3.20. The first-order chi connectivity index (χ1) is 13.1. The molecule has 1 aliphatic heterocycles. The molecule has 1 saturated carbocycles. The summed E-state index contributed by atoms with van der Waals surface area (Å²) < 4.78 is 24.8. The minimum absolute atomic E-state index is 0.00990. The van der Waals surface area contributed by atoms with Crippen LogP contribution in [0.1, 0.15) is 24.5 Å². The van der Waals surface area contributed by atoms with Gasteiger partial charge in [-0.1, -0.05) is 12.1 Å². The molecule has 2 aliphatic rings. The van der Waals surface area contributed by atoms with Crippen molar-refractivity contribution in [2.45, 2.75) is 25.0 Å². The van der Waals surface area contributed by atoms with Gasteiger partial charge in [0.1, 0.15) is 17.3 Å². The first-order valence-corrected chi connectivity index (χ1v) is 9.57. The summed E-state index contributed by atoms with van der Waals surface area (Å²) in [6.07, 6.45) is 2.34. The Labute approximate surface area is 159 Å². The molecular weight excluding hydrogens is 345 g/mol. The standard InChI is InChI=1S/C22H26FNO3/c1-26-22(15-2-6-19(25)7-3-15)14-24-12-16-10-21(11-17(16)13-24)27-20-8-4-18(23)5-9-20/h2-9,16-17,21-22,25H,10-14H2,1H3/t16-,17+,21-,22?. The normalized spacial score (nSPS) is 26.1. The lowest BCUT2D eigenvalue weighted by Gasteiger charge is -2.24. The SMILES string of the molecule is COC(CN1C[C@H]2C[C@@H](Oc3ccc(F)cc3)C[C@H]2C1)c1ccc(O)cc1. The number of benzene rings is 2. The Hall–Kier alpha value is -2.11. The molecule has 27 heavy (non-hydrogen) atoms. The summed E-state index contributed by atoms with van der Waals surface area (Å²) in [7, 11) is 1.74. The minimum atomic E-state index is -0.234. The number of aromatic hydroxyl groups is 1. The number of fused-ring (bicyclic) bond motifs is 1. The second-order valence-corrected chi connectivity index (χ2v) is 7.72. The van der Waals surface area contributed by atoms with E-state index < -0.39 is 0 Å². The molecule has 0 bridgehead atoms. The smallest absolute Gasteiger partial charge is 0.123 e. The number of likely N-dealkylation sites (tertiary alicyclic amines) is 1.